The molecule has 0 saturated heterocycles. The van der Waals surface area contributed by atoms with Gasteiger partial charge >= 0.3 is 5.97 Å². The molecule has 9 nitrogen and oxygen atoms in total. The fourth-order valence-electron chi connectivity index (χ4n) is 2.80. The van der Waals surface area contributed by atoms with Gasteiger partial charge in [-0.2, -0.15) is 0 Å². The van der Waals surface area contributed by atoms with Gasteiger partial charge in [0.1, 0.15) is 0 Å². The number of para-hydroxylation sites is 1. The third-order valence-electron chi connectivity index (χ3n) is 4.69. The third kappa shape index (κ3) is 5.71. The highest BCUT2D eigenvalue weighted by molar-refractivity contribution is 7.89. The highest BCUT2D eigenvalue weighted by Crippen LogP contribution is 2.24. The van der Waals surface area contributed by atoms with Crippen LogP contribution in [0.5, 0.6) is 0 Å². The molecule has 2 rings (SSSR count). The molecule has 0 radical (unpaired) electrons. The first-order valence-electron chi connectivity index (χ1n) is 9.76. The lowest BCUT2D eigenvalue weighted by atomic mass is 10.1. The van der Waals surface area contributed by atoms with E-state index in [2.05, 4.69) is 10.6 Å². The van der Waals surface area contributed by atoms with Crippen LogP contribution in [0.25, 0.3) is 0 Å². The van der Waals surface area contributed by atoms with E-state index >= 15 is 0 Å². The Morgan fingerprint density at radius 3 is 2.25 bits per heavy atom. The van der Waals surface area contributed by atoms with E-state index in [0.717, 1.165) is 4.31 Å². The number of sulfonamides is 1. The van der Waals surface area contributed by atoms with Crippen molar-refractivity contribution in [3.05, 3.63) is 53.1 Å². The number of nitrogens with zero attached hydrogens (tertiary/aromatic N) is 1. The van der Waals surface area contributed by atoms with E-state index in [-0.39, 0.29) is 22.1 Å². The Bertz CT molecular complexity index is 1160. The number of aryl methyl sites for hydroxylation is 2. The van der Waals surface area contributed by atoms with Gasteiger partial charge in [0.05, 0.1) is 16.1 Å². The largest absolute Gasteiger partial charge is 0.449 e. The number of carbonyl (C=O) groups is 3. The van der Waals surface area contributed by atoms with Gasteiger partial charge in [0.15, 0.2) is 6.10 Å². The fourth-order valence-corrected chi connectivity index (χ4v) is 3.73. The second-order valence-corrected chi connectivity index (χ2v) is 9.63. The molecule has 0 aliphatic rings. The number of anilines is 2. The first-order chi connectivity index (χ1) is 14.8. The van der Waals surface area contributed by atoms with Crippen molar-refractivity contribution in [3.8, 4) is 0 Å². The molecule has 0 heterocycles. The van der Waals surface area contributed by atoms with Crippen LogP contribution in [0.3, 0.4) is 0 Å². The van der Waals surface area contributed by atoms with Crippen molar-refractivity contribution in [1.29, 1.82) is 0 Å². The van der Waals surface area contributed by atoms with Crippen LogP contribution in [0.15, 0.2) is 41.3 Å². The molecule has 1 unspecified atom stereocenters. The van der Waals surface area contributed by atoms with Gasteiger partial charge in [0.2, 0.25) is 15.9 Å². The minimum Gasteiger partial charge on any atom is -0.449 e. The zero-order valence-corrected chi connectivity index (χ0v) is 19.7. The van der Waals surface area contributed by atoms with Gasteiger partial charge < -0.3 is 15.4 Å². The van der Waals surface area contributed by atoms with E-state index in [4.69, 9.17) is 4.74 Å². The summed E-state index contributed by atoms with van der Waals surface area (Å²) in [4.78, 5) is 36.8. The van der Waals surface area contributed by atoms with Crippen molar-refractivity contribution in [2.75, 3.05) is 24.7 Å². The number of carbonyl (C=O) groups excluding carboxylic acids is 3. The van der Waals surface area contributed by atoms with E-state index in [9.17, 15) is 22.8 Å². The number of hydrogen-bond acceptors (Lipinski definition) is 6. The summed E-state index contributed by atoms with van der Waals surface area (Å²) in [7, 11) is -0.860. The van der Waals surface area contributed by atoms with Crippen LogP contribution in [0.4, 0.5) is 11.4 Å². The molecular weight excluding hydrogens is 434 g/mol. The Hall–Kier alpha value is -3.24. The zero-order chi connectivity index (χ0) is 24.2. The van der Waals surface area contributed by atoms with Crippen molar-refractivity contribution in [2.45, 2.75) is 38.7 Å². The van der Waals surface area contributed by atoms with Gasteiger partial charge in [-0.1, -0.05) is 18.2 Å². The molecule has 0 aliphatic carbocycles. The van der Waals surface area contributed by atoms with Crippen molar-refractivity contribution in [2.24, 2.45) is 0 Å². The van der Waals surface area contributed by atoms with E-state index < -0.39 is 28.0 Å². The van der Waals surface area contributed by atoms with Crippen molar-refractivity contribution in [3.63, 3.8) is 0 Å². The minimum atomic E-state index is -3.68. The highest BCUT2D eigenvalue weighted by Gasteiger charge is 2.24. The van der Waals surface area contributed by atoms with Crippen molar-refractivity contribution in [1.82, 2.24) is 4.31 Å². The number of amides is 2. The van der Waals surface area contributed by atoms with Crippen LogP contribution in [-0.2, 0) is 24.3 Å². The molecule has 0 fully saturated rings. The third-order valence-corrected chi connectivity index (χ3v) is 6.50. The molecule has 0 bridgehead atoms. The van der Waals surface area contributed by atoms with Crippen LogP contribution >= 0.6 is 0 Å². The van der Waals surface area contributed by atoms with Gasteiger partial charge in [-0.15, -0.1) is 0 Å². The number of rotatable bonds is 7. The second-order valence-electron chi connectivity index (χ2n) is 7.48. The molecule has 0 spiro atoms. The van der Waals surface area contributed by atoms with Crippen LogP contribution in [0, 0.1) is 13.8 Å². The maximum Gasteiger partial charge on any atom is 0.341 e. The average Bonchev–Trinajstić information content (AvgIpc) is 2.70. The van der Waals surface area contributed by atoms with Crippen molar-refractivity contribution >= 4 is 39.2 Å². The molecule has 2 aromatic carbocycles. The predicted molar refractivity (Wildman–Crippen MR) is 121 cm³/mol. The SMILES string of the molecule is CC(=O)Nc1c(C)cccc1C(=O)OC(C)C(=O)Nc1cc(S(=O)(=O)N(C)C)ccc1C. The van der Waals surface area contributed by atoms with Gasteiger partial charge in [0.25, 0.3) is 5.91 Å². The monoisotopic (exact) mass is 461 g/mol. The van der Waals surface area contributed by atoms with E-state index in [0.29, 0.717) is 16.8 Å². The summed E-state index contributed by atoms with van der Waals surface area (Å²) in [6.45, 7) is 6.17. The molecule has 172 valence electrons. The molecule has 0 aromatic heterocycles. The van der Waals surface area contributed by atoms with E-state index in [1.807, 2.05) is 0 Å². The molecule has 32 heavy (non-hydrogen) atoms. The summed E-state index contributed by atoms with van der Waals surface area (Å²) < 4.78 is 31.1. The maximum atomic E-state index is 12.7. The number of ether oxygens (including phenoxy) is 1. The lowest BCUT2D eigenvalue weighted by Crippen LogP contribution is -2.30. The smallest absolute Gasteiger partial charge is 0.341 e. The molecule has 10 heteroatoms. The lowest BCUT2D eigenvalue weighted by Gasteiger charge is -2.18. The summed E-state index contributed by atoms with van der Waals surface area (Å²) in [6, 6.07) is 9.25. The Balaban J connectivity index is 2.21. The molecule has 0 aliphatic heterocycles. The van der Waals surface area contributed by atoms with Crippen LogP contribution < -0.4 is 10.6 Å². The predicted octanol–water partition coefficient (Wildman–Crippen LogP) is 2.70. The zero-order valence-electron chi connectivity index (χ0n) is 18.8. The summed E-state index contributed by atoms with van der Waals surface area (Å²) in [5, 5.41) is 5.21. The number of hydrogen-bond donors (Lipinski definition) is 2. The van der Waals surface area contributed by atoms with Crippen LogP contribution in [0.2, 0.25) is 0 Å². The lowest BCUT2D eigenvalue weighted by molar-refractivity contribution is -0.123. The second kappa shape index (κ2) is 9.92. The Morgan fingerprint density at radius 2 is 1.66 bits per heavy atom. The van der Waals surface area contributed by atoms with Gasteiger partial charge in [-0.3, -0.25) is 9.59 Å². The molecular formula is C22H27N3O6S. The molecule has 2 aromatic rings. The molecule has 2 amide bonds. The fraction of sp³-hybridized carbons (Fsp3) is 0.318. The Labute approximate surface area is 187 Å². The first kappa shape index (κ1) is 25.0. The molecule has 1 atom stereocenters. The Morgan fingerprint density at radius 1 is 1.00 bits per heavy atom. The highest BCUT2D eigenvalue weighted by atomic mass is 32.2. The van der Waals surface area contributed by atoms with E-state index in [1.54, 1.807) is 32.0 Å². The Kier molecular flexibility index (Phi) is 7.76. The average molecular weight is 462 g/mol. The van der Waals surface area contributed by atoms with Crippen molar-refractivity contribution < 1.29 is 27.5 Å². The number of esters is 1. The van der Waals surface area contributed by atoms with Gasteiger partial charge in [-0.25, -0.2) is 17.5 Å². The first-order valence-corrected chi connectivity index (χ1v) is 11.2. The summed E-state index contributed by atoms with van der Waals surface area (Å²) >= 11 is 0. The normalized spacial score (nSPS) is 12.2. The topological polar surface area (TPSA) is 122 Å². The van der Waals surface area contributed by atoms with E-state index in [1.165, 1.54) is 46.1 Å². The van der Waals surface area contributed by atoms with Crippen LogP contribution in [0.1, 0.15) is 35.3 Å². The van der Waals surface area contributed by atoms with Gasteiger partial charge in [-0.05, 0) is 50.1 Å². The maximum absolute atomic E-state index is 12.7. The van der Waals surface area contributed by atoms with Gasteiger partial charge in [0, 0.05) is 26.7 Å². The summed E-state index contributed by atoms with van der Waals surface area (Å²) in [6.07, 6.45) is -1.18. The molecule has 2 N–H and O–H groups in total. The number of benzene rings is 2. The number of nitrogens with one attached hydrogen (secondary N) is 2. The molecule has 0 saturated carbocycles. The summed E-state index contributed by atoms with van der Waals surface area (Å²) in [5.74, 6) is -1.75. The standard InChI is InChI=1S/C22H27N3O6S/c1-13-10-11-17(32(29,30)25(5)6)12-19(13)24-21(27)15(3)31-22(28)18-9-7-8-14(2)20(18)23-16(4)26/h7-12,15H,1-6H3,(H,23,26)(H,24,27). The quantitative estimate of drug-likeness (QED) is 0.612. The van der Waals surface area contributed by atoms with Crippen LogP contribution in [-0.4, -0.2) is 50.7 Å². The minimum absolute atomic E-state index is 0.0211. The summed E-state index contributed by atoms with van der Waals surface area (Å²) in [5.41, 5.74) is 2.03.